The van der Waals surface area contributed by atoms with Crippen LogP contribution in [0.5, 0.6) is 17.2 Å². The van der Waals surface area contributed by atoms with Crippen molar-refractivity contribution < 1.29 is 60.8 Å². The Hall–Kier alpha value is -11.2. The summed E-state index contributed by atoms with van der Waals surface area (Å²) in [5.41, 5.74) is 27.4. The summed E-state index contributed by atoms with van der Waals surface area (Å²) in [6.07, 6.45) is 0. The zero-order valence-electron chi connectivity index (χ0n) is 64.9. The first-order valence-electron chi connectivity index (χ1n) is 37.1. The van der Waals surface area contributed by atoms with Crippen LogP contribution in [0.1, 0.15) is 76.1 Å². The average Bonchev–Trinajstić information content (AvgIpc) is 1.65. The Kier molecular flexibility index (Phi) is 30.2. The third-order valence-electron chi connectivity index (χ3n) is 19.0. The highest BCUT2D eigenvalue weighted by atomic mass is 35.5. The van der Waals surface area contributed by atoms with E-state index in [2.05, 4.69) is 57.0 Å². The third-order valence-corrected chi connectivity index (χ3v) is 20.1. The van der Waals surface area contributed by atoms with E-state index in [9.17, 15) is 28.2 Å². The summed E-state index contributed by atoms with van der Waals surface area (Å²) in [4.78, 5) is 60.9. The normalized spacial score (nSPS) is 17.5. The van der Waals surface area contributed by atoms with Crippen molar-refractivity contribution in [2.45, 2.75) is 66.2 Å². The first kappa shape index (κ1) is 83.3. The maximum atomic E-state index is 12.7. The third kappa shape index (κ3) is 23.0. The van der Waals surface area contributed by atoms with Gasteiger partial charge in [0.15, 0.2) is 0 Å². The van der Waals surface area contributed by atoms with Gasteiger partial charge in [0, 0.05) is 25.3 Å². The number of hydrogen-bond donors (Lipinski definition) is 6. The van der Waals surface area contributed by atoms with E-state index in [0.717, 1.165) is 78.9 Å². The number of aryl methyl sites for hydroxylation is 5. The zero-order chi connectivity index (χ0) is 79.7. The van der Waals surface area contributed by atoms with Crippen LogP contribution in [-0.2, 0) is 54.2 Å². The molecule has 590 valence electrons. The van der Waals surface area contributed by atoms with E-state index < -0.39 is 16.7 Å². The number of benzene rings is 9. The van der Waals surface area contributed by atoms with Gasteiger partial charge in [-0.25, -0.2) is 0 Å². The van der Waals surface area contributed by atoms with Crippen molar-refractivity contribution in [3.63, 3.8) is 0 Å². The maximum absolute atomic E-state index is 12.7. The summed E-state index contributed by atoms with van der Waals surface area (Å²) in [6, 6.07) is 70.0. The van der Waals surface area contributed by atoms with Crippen molar-refractivity contribution in [1.82, 2.24) is 27.1 Å². The van der Waals surface area contributed by atoms with Gasteiger partial charge >= 0.3 is 11.3 Å². The lowest BCUT2D eigenvalue weighted by molar-refractivity contribution is -0.135. The van der Waals surface area contributed by atoms with Gasteiger partial charge in [0.05, 0.1) is 144 Å². The molecule has 9 aromatic carbocycles. The zero-order valence-corrected chi connectivity index (χ0v) is 66.5. The molecular formula is C86H100ClN11O13S. The highest BCUT2D eigenvalue weighted by Crippen LogP contribution is 2.35. The van der Waals surface area contributed by atoms with E-state index in [1.807, 2.05) is 256 Å². The van der Waals surface area contributed by atoms with Gasteiger partial charge in [-0.05, 0) is 171 Å². The van der Waals surface area contributed by atoms with Gasteiger partial charge in [-0.3, -0.25) is 80.9 Å². The summed E-state index contributed by atoms with van der Waals surface area (Å²) >= 11 is 4.43. The van der Waals surface area contributed by atoms with Gasteiger partial charge < -0.3 is 32.6 Å². The molecule has 5 amide bonds. The largest absolute Gasteiger partial charge is 0.497 e. The van der Waals surface area contributed by atoms with Crippen LogP contribution in [0.2, 0.25) is 5.02 Å². The summed E-state index contributed by atoms with van der Waals surface area (Å²) in [6.45, 7) is 19.8. The predicted octanol–water partition coefficient (Wildman–Crippen LogP) is 12.7. The van der Waals surface area contributed by atoms with Crippen LogP contribution in [0.4, 0.5) is 34.1 Å². The molecule has 26 heteroatoms. The Balaban J connectivity index is 0.000000152. The predicted molar refractivity (Wildman–Crippen MR) is 439 cm³/mol. The highest BCUT2D eigenvalue weighted by Gasteiger charge is 2.47. The monoisotopic (exact) mass is 1560 g/mol. The average molecular weight is 1560 g/mol. The van der Waals surface area contributed by atoms with Crippen molar-refractivity contribution in [2.75, 3.05) is 130 Å². The van der Waals surface area contributed by atoms with Crippen LogP contribution in [0.15, 0.2) is 218 Å². The number of ether oxygens (including phenoxy) is 6. The molecular weight excluding hydrogens is 1460 g/mol. The summed E-state index contributed by atoms with van der Waals surface area (Å²) in [7, 11) is 4.85. The van der Waals surface area contributed by atoms with Gasteiger partial charge in [0.2, 0.25) is 23.6 Å². The van der Waals surface area contributed by atoms with Crippen LogP contribution >= 0.6 is 11.6 Å². The van der Waals surface area contributed by atoms with Crippen LogP contribution < -0.4 is 70.6 Å². The van der Waals surface area contributed by atoms with E-state index in [-0.39, 0.29) is 66.4 Å². The molecule has 112 heavy (non-hydrogen) atoms. The van der Waals surface area contributed by atoms with Gasteiger partial charge in [-0.15, -0.1) is 0 Å². The van der Waals surface area contributed by atoms with E-state index >= 15 is 0 Å². The fourth-order valence-corrected chi connectivity index (χ4v) is 13.7. The Labute approximate surface area is 663 Å². The van der Waals surface area contributed by atoms with Crippen LogP contribution in [0.3, 0.4) is 0 Å². The second-order valence-corrected chi connectivity index (χ2v) is 28.9. The number of nitrogens with one attached hydrogen (secondary N) is 6. The first-order chi connectivity index (χ1) is 54.1. The number of hydrazine groups is 5. The first-order valence-corrected chi connectivity index (χ1v) is 38.5. The van der Waals surface area contributed by atoms with Gasteiger partial charge in [0.1, 0.15) is 22.7 Å². The molecule has 6 N–H and O–H groups in total. The van der Waals surface area contributed by atoms with Gasteiger partial charge in [0.25, 0.3) is 5.91 Å². The molecule has 14 rings (SSSR count). The molecule has 0 radical (unpaired) electrons. The fourth-order valence-electron chi connectivity index (χ4n) is 12.8. The van der Waals surface area contributed by atoms with Crippen LogP contribution in [0.25, 0.3) is 0 Å². The minimum atomic E-state index is -1.76. The van der Waals surface area contributed by atoms with Crippen molar-refractivity contribution in [3.8, 4) is 17.2 Å². The number of nitrogens with zero attached hydrogens (tertiary/aromatic N) is 5. The molecule has 0 saturated carbocycles. The van der Waals surface area contributed by atoms with E-state index in [1.54, 1.807) is 32.4 Å². The van der Waals surface area contributed by atoms with Crippen molar-refractivity contribution >= 4 is 86.5 Å². The maximum Gasteiger partial charge on any atom is 0.316 e. The lowest BCUT2D eigenvalue weighted by atomic mass is 9.90. The Morgan fingerprint density at radius 3 is 1.54 bits per heavy atom. The quantitative estimate of drug-likeness (QED) is 0.0291. The molecule has 24 nitrogen and oxygen atoms in total. The van der Waals surface area contributed by atoms with Crippen molar-refractivity contribution in [2.24, 2.45) is 11.3 Å². The second kappa shape index (κ2) is 40.7. The molecule has 5 heterocycles. The molecule has 5 unspecified atom stereocenters. The number of hydrogen-bond acceptors (Lipinski definition) is 18. The Morgan fingerprint density at radius 1 is 0.464 bits per heavy atom. The van der Waals surface area contributed by atoms with Crippen LogP contribution in [0, 0.1) is 46.0 Å². The molecule has 5 saturated heterocycles. The minimum absolute atomic E-state index is 0.0143. The van der Waals surface area contributed by atoms with E-state index in [4.69, 9.17) is 44.2 Å². The number of amides is 5. The summed E-state index contributed by atoms with van der Waals surface area (Å²) in [5.74, 6) is 1.52. The van der Waals surface area contributed by atoms with Crippen molar-refractivity contribution in [1.29, 1.82) is 0 Å². The molecule has 0 spiro atoms. The molecule has 5 aliphatic rings. The molecule has 0 aliphatic carbocycles. The van der Waals surface area contributed by atoms with Gasteiger partial charge in [-0.1, -0.05) is 145 Å². The Bertz CT molecular complexity index is 4630. The van der Waals surface area contributed by atoms with E-state index in [0.29, 0.717) is 82.2 Å². The summed E-state index contributed by atoms with van der Waals surface area (Å²) in [5, 5.41) is 9.93. The summed E-state index contributed by atoms with van der Waals surface area (Å²) < 4.78 is 52.9. The lowest BCUT2D eigenvalue weighted by Gasteiger charge is -2.26. The molecule has 9 aromatic rings. The molecule has 0 bridgehead atoms. The molecule has 5 aliphatic heterocycles. The Morgan fingerprint density at radius 2 is 0.964 bits per heavy atom. The smallest absolute Gasteiger partial charge is 0.316 e. The van der Waals surface area contributed by atoms with E-state index in [1.165, 1.54) is 5.56 Å². The van der Waals surface area contributed by atoms with Crippen LogP contribution in [-0.4, -0.2) is 134 Å². The highest BCUT2D eigenvalue weighted by molar-refractivity contribution is 7.82. The fraction of sp³-hybridized carbons (Fsp3) is 0.314. The molecule has 5 atom stereocenters. The minimum Gasteiger partial charge on any atom is -0.497 e. The number of rotatable bonds is 25. The standard InChI is InChI=1S/C24H25N3O4S.C18H28N2O5.C16H15ClN2O.C16H16N2O.C12H16N2O2/c1-16-7-8-17(2)23(13-16)31-32(29)26-19-5-4-6-20(14-19)27-15-22(24(28)25-27)18-9-11-21(30-3)12-10-18;1-15-5-4-6-16(11-15)20-12-18(17(21)19-20,13-24-9-7-22-2)14-25-10-8-23-3;1-11-5-4-6-12(9-11)19-10-14(16(20)18-19)13-7-2-3-8-15(13)17;1-12-7-9-14(10-8-12)18-11-15(16(19)17-18)13-5-3-2-4-6-13;1-3-16-11-6-4-5-10(7-11)14-8-9(2)12(15)13-14/h4-14,22,26H,15H2,1-3H3,(H,25,28);4-6,11H,7-10,12-14H2,1-3H3,(H,19,21);2-9,14H,10H2,1H3,(H,18,20);2-10,15H,11H2,1H3,(H,17,19);4-7,9H,3,8H2,1-2H3,(H,13,15). The number of carbonyl (C=O) groups is 5. The molecule has 0 aromatic heterocycles. The SMILES string of the molecule is CCOc1cccc(N2CC(C)C(=O)N2)c1.COCCOCC1(COCCOC)CN(c2cccc(C)c2)NC1=O.COc1ccc(C2CN(c3cccc(NS(=O)Oc4cc(C)ccc4C)c3)NC2=O)cc1.Cc1ccc(N2CC(c3ccccc3)C(=O)N2)cc1.Cc1cccc(N2CC(c3ccccc3Cl)C(=O)N2)c1. The number of halogens is 1. The topological polar surface area (TPSA) is 255 Å². The molecule has 5 fully saturated rings. The number of anilines is 6. The lowest BCUT2D eigenvalue weighted by Crippen LogP contribution is -2.42. The second-order valence-electron chi connectivity index (χ2n) is 27.7. The number of methoxy groups -OCH3 is 3. The number of carbonyl (C=O) groups excluding carboxylic acids is 5. The van der Waals surface area contributed by atoms with Crippen molar-refractivity contribution in [3.05, 3.63) is 268 Å². The van der Waals surface area contributed by atoms with Gasteiger partial charge in [-0.2, -0.15) is 4.21 Å².